The van der Waals surface area contributed by atoms with Gasteiger partial charge in [-0.2, -0.15) is 0 Å². The van der Waals surface area contributed by atoms with Crippen LogP contribution in [0, 0.1) is 0 Å². The normalized spacial score (nSPS) is 10.1. The van der Waals surface area contributed by atoms with Crippen LogP contribution >= 0.6 is 12.2 Å². The zero-order valence-corrected chi connectivity index (χ0v) is 11.7. The molecule has 0 unspecified atom stereocenters. The summed E-state index contributed by atoms with van der Waals surface area (Å²) < 4.78 is 5.27. The predicted molar refractivity (Wildman–Crippen MR) is 74.8 cm³/mol. The Bertz CT molecular complexity index is 162. The Morgan fingerprint density at radius 1 is 0.938 bits per heavy atom. The number of unbranched alkanes of at least 4 members (excludes halogenated alkanes) is 8. The lowest BCUT2D eigenvalue weighted by atomic mass is 10.1. The molecule has 0 aromatic carbocycles. The van der Waals surface area contributed by atoms with E-state index in [2.05, 4.69) is 12.2 Å². The number of rotatable bonds is 10. The average Bonchev–Trinajstić information content (AvgIpc) is 2.31. The van der Waals surface area contributed by atoms with E-state index in [0.29, 0.717) is 5.17 Å². The summed E-state index contributed by atoms with van der Waals surface area (Å²) in [6.45, 7) is 3.02. The van der Waals surface area contributed by atoms with Crippen LogP contribution in [0.5, 0.6) is 0 Å². The van der Waals surface area contributed by atoms with E-state index in [1.54, 1.807) is 7.05 Å². The Labute approximate surface area is 106 Å². The van der Waals surface area contributed by atoms with Gasteiger partial charge in [-0.1, -0.05) is 58.3 Å². The summed E-state index contributed by atoms with van der Waals surface area (Å²) in [6, 6.07) is 0. The maximum atomic E-state index is 5.27. The standard InChI is InChI=1S/C13H27NOS/c1-3-4-5-6-7-8-9-10-11-12-15-13(16)14-2/h3-12H2,1-2H3,(H,14,16). The van der Waals surface area contributed by atoms with Gasteiger partial charge in [0.25, 0.3) is 5.17 Å². The molecule has 0 radical (unpaired) electrons. The molecular formula is C13H27NOS. The molecule has 0 heterocycles. The van der Waals surface area contributed by atoms with Gasteiger partial charge in [-0.05, 0) is 18.6 Å². The van der Waals surface area contributed by atoms with Crippen molar-refractivity contribution < 1.29 is 4.74 Å². The van der Waals surface area contributed by atoms with E-state index in [-0.39, 0.29) is 0 Å². The van der Waals surface area contributed by atoms with Crippen molar-refractivity contribution in [3.8, 4) is 0 Å². The van der Waals surface area contributed by atoms with Gasteiger partial charge in [-0.15, -0.1) is 0 Å². The van der Waals surface area contributed by atoms with E-state index in [0.717, 1.165) is 13.0 Å². The smallest absolute Gasteiger partial charge is 0.256 e. The summed E-state index contributed by atoms with van der Waals surface area (Å²) in [7, 11) is 1.79. The summed E-state index contributed by atoms with van der Waals surface area (Å²) in [5, 5.41) is 3.32. The summed E-state index contributed by atoms with van der Waals surface area (Å²) in [5.41, 5.74) is 0. The van der Waals surface area contributed by atoms with Crippen molar-refractivity contribution in [1.29, 1.82) is 0 Å². The molecule has 0 saturated carbocycles. The maximum Gasteiger partial charge on any atom is 0.256 e. The van der Waals surface area contributed by atoms with Gasteiger partial charge in [-0.3, -0.25) is 0 Å². The van der Waals surface area contributed by atoms with Gasteiger partial charge in [-0.25, -0.2) is 0 Å². The largest absolute Gasteiger partial charge is 0.471 e. The SMILES string of the molecule is CCCCCCCCCCCOC(=S)NC. The number of nitrogens with one attached hydrogen (secondary N) is 1. The number of thiocarbonyl (C=S) groups is 1. The highest BCUT2D eigenvalue weighted by molar-refractivity contribution is 7.80. The fourth-order valence-electron chi connectivity index (χ4n) is 1.65. The van der Waals surface area contributed by atoms with Gasteiger partial charge < -0.3 is 10.1 Å². The van der Waals surface area contributed by atoms with E-state index >= 15 is 0 Å². The van der Waals surface area contributed by atoms with Crippen molar-refractivity contribution in [2.45, 2.75) is 64.7 Å². The Hall–Kier alpha value is -0.310. The van der Waals surface area contributed by atoms with Crippen molar-refractivity contribution in [2.24, 2.45) is 0 Å². The molecule has 0 aromatic heterocycles. The molecular weight excluding hydrogens is 218 g/mol. The lowest BCUT2D eigenvalue weighted by molar-refractivity contribution is 0.289. The van der Waals surface area contributed by atoms with Crippen LogP contribution in [0.4, 0.5) is 0 Å². The molecule has 0 fully saturated rings. The third kappa shape index (κ3) is 11.8. The third-order valence-corrected chi connectivity index (χ3v) is 3.01. The first-order chi connectivity index (χ1) is 7.81. The van der Waals surface area contributed by atoms with Crippen LogP contribution in [0.1, 0.15) is 64.7 Å². The second-order valence-corrected chi connectivity index (χ2v) is 4.59. The van der Waals surface area contributed by atoms with Crippen molar-refractivity contribution in [3.63, 3.8) is 0 Å². The van der Waals surface area contributed by atoms with E-state index in [4.69, 9.17) is 17.0 Å². The lowest BCUT2D eigenvalue weighted by Gasteiger charge is -2.06. The highest BCUT2D eigenvalue weighted by Gasteiger charge is 1.94. The van der Waals surface area contributed by atoms with E-state index in [9.17, 15) is 0 Å². The number of ether oxygens (including phenoxy) is 1. The number of hydrogen-bond acceptors (Lipinski definition) is 2. The van der Waals surface area contributed by atoms with E-state index < -0.39 is 0 Å². The molecule has 0 aliphatic heterocycles. The lowest BCUT2D eigenvalue weighted by Crippen LogP contribution is -2.19. The molecule has 0 aliphatic carbocycles. The molecule has 0 aliphatic rings. The fraction of sp³-hybridized carbons (Fsp3) is 0.923. The molecule has 16 heavy (non-hydrogen) atoms. The molecule has 0 saturated heterocycles. The highest BCUT2D eigenvalue weighted by Crippen LogP contribution is 2.09. The Kier molecular flexibility index (Phi) is 12.5. The summed E-state index contributed by atoms with van der Waals surface area (Å²) >= 11 is 4.88. The zero-order chi connectivity index (χ0) is 12.1. The minimum atomic E-state index is 0.513. The molecule has 0 rings (SSSR count). The van der Waals surface area contributed by atoms with Crippen molar-refractivity contribution in [2.75, 3.05) is 13.7 Å². The third-order valence-electron chi connectivity index (χ3n) is 2.69. The second kappa shape index (κ2) is 12.8. The van der Waals surface area contributed by atoms with Crippen molar-refractivity contribution in [3.05, 3.63) is 0 Å². The summed E-state index contributed by atoms with van der Waals surface area (Å²) in [6.07, 6.45) is 12.1. The van der Waals surface area contributed by atoms with E-state index in [1.165, 1.54) is 51.4 Å². The molecule has 3 heteroatoms. The van der Waals surface area contributed by atoms with Crippen LogP contribution in [0.25, 0.3) is 0 Å². The first kappa shape index (κ1) is 15.7. The van der Waals surface area contributed by atoms with Crippen LogP contribution in [0.2, 0.25) is 0 Å². The molecule has 0 aromatic rings. The summed E-state index contributed by atoms with van der Waals surface area (Å²) in [5.74, 6) is 0. The predicted octanol–water partition coefficient (Wildman–Crippen LogP) is 4.04. The molecule has 2 nitrogen and oxygen atoms in total. The Morgan fingerprint density at radius 2 is 1.44 bits per heavy atom. The monoisotopic (exact) mass is 245 g/mol. The highest BCUT2D eigenvalue weighted by atomic mass is 32.1. The zero-order valence-electron chi connectivity index (χ0n) is 10.9. The molecule has 96 valence electrons. The minimum Gasteiger partial charge on any atom is -0.471 e. The van der Waals surface area contributed by atoms with Gasteiger partial charge in [0.15, 0.2) is 0 Å². The molecule has 0 atom stereocenters. The summed E-state index contributed by atoms with van der Waals surface area (Å²) in [4.78, 5) is 0. The first-order valence-corrected chi connectivity index (χ1v) is 7.06. The van der Waals surface area contributed by atoms with Crippen LogP contribution in [0.3, 0.4) is 0 Å². The van der Waals surface area contributed by atoms with Gasteiger partial charge >= 0.3 is 0 Å². The van der Waals surface area contributed by atoms with Gasteiger partial charge in [0.1, 0.15) is 0 Å². The molecule has 0 amide bonds. The second-order valence-electron chi connectivity index (χ2n) is 4.21. The molecule has 1 N–H and O–H groups in total. The van der Waals surface area contributed by atoms with Crippen LogP contribution in [-0.4, -0.2) is 18.8 Å². The molecule has 0 spiro atoms. The molecule has 0 bridgehead atoms. The Balaban J connectivity index is 2.96. The topological polar surface area (TPSA) is 21.3 Å². The van der Waals surface area contributed by atoms with Gasteiger partial charge in [0, 0.05) is 7.05 Å². The first-order valence-electron chi connectivity index (χ1n) is 6.65. The maximum absolute atomic E-state index is 5.27. The quantitative estimate of drug-likeness (QED) is 0.463. The fourth-order valence-corrected chi connectivity index (χ4v) is 1.73. The van der Waals surface area contributed by atoms with Crippen molar-refractivity contribution in [1.82, 2.24) is 5.32 Å². The van der Waals surface area contributed by atoms with Gasteiger partial charge in [0.2, 0.25) is 0 Å². The Morgan fingerprint density at radius 3 is 1.94 bits per heavy atom. The van der Waals surface area contributed by atoms with Crippen LogP contribution < -0.4 is 5.32 Å². The van der Waals surface area contributed by atoms with Crippen LogP contribution in [0.15, 0.2) is 0 Å². The average molecular weight is 245 g/mol. The number of hydrogen-bond donors (Lipinski definition) is 1. The van der Waals surface area contributed by atoms with Gasteiger partial charge in [0.05, 0.1) is 6.61 Å². The van der Waals surface area contributed by atoms with E-state index in [1.807, 2.05) is 0 Å². The van der Waals surface area contributed by atoms with Crippen molar-refractivity contribution >= 4 is 17.4 Å². The van der Waals surface area contributed by atoms with Crippen LogP contribution in [-0.2, 0) is 4.74 Å². The minimum absolute atomic E-state index is 0.513.